The van der Waals surface area contributed by atoms with Crippen LogP contribution in [0.15, 0.2) is 48.5 Å². The minimum atomic E-state index is -0.894. The van der Waals surface area contributed by atoms with Crippen LogP contribution in [0.1, 0.15) is 11.1 Å². The number of ether oxygens (including phenoxy) is 2. The monoisotopic (exact) mass is 297 g/mol. The SMILES string of the molecule is C#Cc1ccc(COC(=O)Oc2ccc([N+](=O)[O-])cc2)cc1. The molecule has 22 heavy (non-hydrogen) atoms. The van der Waals surface area contributed by atoms with Gasteiger partial charge in [0.05, 0.1) is 4.92 Å². The van der Waals surface area contributed by atoms with Crippen LogP contribution in [-0.2, 0) is 11.3 Å². The zero-order chi connectivity index (χ0) is 15.9. The van der Waals surface area contributed by atoms with Crippen molar-refractivity contribution >= 4 is 11.8 Å². The molecule has 6 heteroatoms. The van der Waals surface area contributed by atoms with E-state index in [1.54, 1.807) is 24.3 Å². The quantitative estimate of drug-likeness (QED) is 0.284. The van der Waals surface area contributed by atoms with Gasteiger partial charge in [0.25, 0.3) is 5.69 Å². The number of terminal acetylenes is 1. The lowest BCUT2D eigenvalue weighted by Gasteiger charge is -2.06. The van der Waals surface area contributed by atoms with E-state index in [-0.39, 0.29) is 18.0 Å². The number of nitro groups is 1. The molecule has 6 nitrogen and oxygen atoms in total. The number of benzene rings is 2. The first-order chi connectivity index (χ1) is 10.6. The van der Waals surface area contributed by atoms with Gasteiger partial charge in [-0.25, -0.2) is 4.79 Å². The maximum atomic E-state index is 11.5. The molecule has 110 valence electrons. The summed E-state index contributed by atoms with van der Waals surface area (Å²) in [4.78, 5) is 21.5. The molecule has 0 saturated heterocycles. The molecule has 0 heterocycles. The van der Waals surface area contributed by atoms with Gasteiger partial charge < -0.3 is 9.47 Å². The number of nitrogens with zero attached hydrogens (tertiary/aromatic N) is 1. The molecule has 2 aromatic rings. The molecule has 0 unspecified atom stereocenters. The van der Waals surface area contributed by atoms with Crippen molar-refractivity contribution < 1.29 is 19.2 Å². The van der Waals surface area contributed by atoms with Crippen molar-refractivity contribution in [1.29, 1.82) is 0 Å². The van der Waals surface area contributed by atoms with E-state index in [2.05, 4.69) is 5.92 Å². The van der Waals surface area contributed by atoms with Gasteiger partial charge in [-0.05, 0) is 29.8 Å². The molecule has 0 aliphatic rings. The summed E-state index contributed by atoms with van der Waals surface area (Å²) in [6.07, 6.45) is 4.35. The van der Waals surface area contributed by atoms with E-state index in [4.69, 9.17) is 15.9 Å². The molecule has 0 bridgehead atoms. The molecule has 0 aliphatic heterocycles. The Balaban J connectivity index is 1.87. The fraction of sp³-hybridized carbons (Fsp3) is 0.0625. The van der Waals surface area contributed by atoms with E-state index in [0.717, 1.165) is 11.1 Å². The van der Waals surface area contributed by atoms with Crippen LogP contribution in [0, 0.1) is 22.5 Å². The summed E-state index contributed by atoms with van der Waals surface area (Å²) in [7, 11) is 0. The average Bonchev–Trinajstić information content (AvgIpc) is 2.54. The van der Waals surface area contributed by atoms with Crippen molar-refractivity contribution in [3.63, 3.8) is 0 Å². The third kappa shape index (κ3) is 4.08. The van der Waals surface area contributed by atoms with Gasteiger partial charge in [0.1, 0.15) is 12.4 Å². The predicted octanol–water partition coefficient (Wildman–Crippen LogP) is 3.29. The first-order valence-electron chi connectivity index (χ1n) is 6.23. The summed E-state index contributed by atoms with van der Waals surface area (Å²) in [6, 6.07) is 12.1. The number of non-ortho nitro benzene ring substituents is 1. The summed E-state index contributed by atoms with van der Waals surface area (Å²) in [5.41, 5.74) is 1.41. The smallest absolute Gasteiger partial charge is 0.429 e. The number of hydrogen-bond acceptors (Lipinski definition) is 5. The Hall–Kier alpha value is -3.33. The second kappa shape index (κ2) is 6.90. The molecule has 0 aliphatic carbocycles. The Morgan fingerprint density at radius 3 is 2.32 bits per heavy atom. The summed E-state index contributed by atoms with van der Waals surface area (Å²) in [5, 5.41) is 10.5. The van der Waals surface area contributed by atoms with Crippen LogP contribution in [0.25, 0.3) is 0 Å². The van der Waals surface area contributed by atoms with Gasteiger partial charge in [-0.1, -0.05) is 18.1 Å². The molecule has 0 aromatic heterocycles. The Morgan fingerprint density at radius 2 is 1.77 bits per heavy atom. The first kappa shape index (κ1) is 15.1. The van der Waals surface area contributed by atoms with Crippen LogP contribution < -0.4 is 4.74 Å². The fourth-order valence-electron chi connectivity index (χ4n) is 1.60. The molecule has 0 atom stereocenters. The van der Waals surface area contributed by atoms with Gasteiger partial charge in [0, 0.05) is 17.7 Å². The summed E-state index contributed by atoms with van der Waals surface area (Å²) in [5.74, 6) is 2.65. The molecule has 0 spiro atoms. The van der Waals surface area contributed by atoms with Crippen molar-refractivity contribution in [2.24, 2.45) is 0 Å². The Bertz CT molecular complexity index is 714. The lowest BCUT2D eigenvalue weighted by atomic mass is 10.1. The molecule has 0 fully saturated rings. The number of carbonyl (C=O) groups excluding carboxylic acids is 1. The zero-order valence-corrected chi connectivity index (χ0v) is 11.4. The van der Waals surface area contributed by atoms with Crippen LogP contribution in [0.5, 0.6) is 5.75 Å². The van der Waals surface area contributed by atoms with Crippen LogP contribution in [0.4, 0.5) is 10.5 Å². The van der Waals surface area contributed by atoms with Crippen LogP contribution in [0.2, 0.25) is 0 Å². The largest absolute Gasteiger partial charge is 0.514 e. The van der Waals surface area contributed by atoms with E-state index in [1.165, 1.54) is 24.3 Å². The molecule has 2 aromatic carbocycles. The van der Waals surface area contributed by atoms with Gasteiger partial charge in [-0.3, -0.25) is 10.1 Å². The van der Waals surface area contributed by atoms with Crippen molar-refractivity contribution in [3.8, 4) is 18.1 Å². The number of rotatable bonds is 4. The number of nitro benzene ring substituents is 1. The van der Waals surface area contributed by atoms with Crippen LogP contribution in [0.3, 0.4) is 0 Å². The van der Waals surface area contributed by atoms with Crippen molar-refractivity contribution in [2.45, 2.75) is 6.61 Å². The van der Waals surface area contributed by atoms with Crippen molar-refractivity contribution in [2.75, 3.05) is 0 Å². The van der Waals surface area contributed by atoms with Crippen LogP contribution >= 0.6 is 0 Å². The summed E-state index contributed by atoms with van der Waals surface area (Å²) >= 11 is 0. The molecule has 2 rings (SSSR count). The van der Waals surface area contributed by atoms with Gasteiger partial charge in [0.2, 0.25) is 0 Å². The Labute approximate surface area is 126 Å². The summed E-state index contributed by atoms with van der Waals surface area (Å²) < 4.78 is 9.84. The lowest BCUT2D eigenvalue weighted by molar-refractivity contribution is -0.384. The molecule has 0 amide bonds. The Morgan fingerprint density at radius 1 is 1.14 bits per heavy atom. The van der Waals surface area contributed by atoms with E-state index < -0.39 is 11.1 Å². The van der Waals surface area contributed by atoms with Crippen molar-refractivity contribution in [3.05, 3.63) is 69.8 Å². The standard InChI is InChI=1S/C16H11NO5/c1-2-12-3-5-13(6-4-12)11-21-16(18)22-15-9-7-14(8-10-15)17(19)20/h1,3-10H,11H2. The highest BCUT2D eigenvalue weighted by molar-refractivity contribution is 5.64. The lowest BCUT2D eigenvalue weighted by Crippen LogP contribution is -2.10. The maximum Gasteiger partial charge on any atom is 0.514 e. The number of hydrogen-bond donors (Lipinski definition) is 0. The minimum absolute atomic E-state index is 0.0384. The minimum Gasteiger partial charge on any atom is -0.429 e. The van der Waals surface area contributed by atoms with Gasteiger partial charge >= 0.3 is 6.16 Å². The fourth-order valence-corrected chi connectivity index (χ4v) is 1.60. The third-order valence-corrected chi connectivity index (χ3v) is 2.73. The topological polar surface area (TPSA) is 78.7 Å². The highest BCUT2D eigenvalue weighted by atomic mass is 16.7. The molecule has 0 saturated carbocycles. The van der Waals surface area contributed by atoms with E-state index in [9.17, 15) is 14.9 Å². The Kier molecular flexibility index (Phi) is 4.73. The molecular formula is C16H11NO5. The summed E-state index contributed by atoms with van der Waals surface area (Å²) in [6.45, 7) is 0.0384. The van der Waals surface area contributed by atoms with Gasteiger partial charge in [-0.15, -0.1) is 6.42 Å². The van der Waals surface area contributed by atoms with Crippen molar-refractivity contribution in [1.82, 2.24) is 0 Å². The maximum absolute atomic E-state index is 11.5. The molecular weight excluding hydrogens is 286 g/mol. The van der Waals surface area contributed by atoms with E-state index >= 15 is 0 Å². The number of carbonyl (C=O) groups is 1. The first-order valence-corrected chi connectivity index (χ1v) is 6.23. The highest BCUT2D eigenvalue weighted by Crippen LogP contribution is 2.17. The van der Waals surface area contributed by atoms with Crippen LogP contribution in [-0.4, -0.2) is 11.1 Å². The van der Waals surface area contributed by atoms with Gasteiger partial charge in [0.15, 0.2) is 0 Å². The normalized spacial score (nSPS) is 9.59. The average molecular weight is 297 g/mol. The highest BCUT2D eigenvalue weighted by Gasteiger charge is 2.09. The van der Waals surface area contributed by atoms with E-state index in [1.807, 2.05) is 0 Å². The predicted molar refractivity (Wildman–Crippen MR) is 78.3 cm³/mol. The molecule has 0 radical (unpaired) electrons. The van der Waals surface area contributed by atoms with Gasteiger partial charge in [-0.2, -0.15) is 0 Å². The second-order valence-electron chi connectivity index (χ2n) is 4.23. The second-order valence-corrected chi connectivity index (χ2v) is 4.23. The van der Waals surface area contributed by atoms with E-state index in [0.29, 0.717) is 0 Å². The third-order valence-electron chi connectivity index (χ3n) is 2.73. The zero-order valence-electron chi connectivity index (χ0n) is 11.4. The molecule has 0 N–H and O–H groups in total.